The summed E-state index contributed by atoms with van der Waals surface area (Å²) in [4.78, 5) is 14.9. The highest BCUT2D eigenvalue weighted by Crippen LogP contribution is 2.40. The van der Waals surface area contributed by atoms with Crippen LogP contribution in [0.25, 0.3) is 11.3 Å². The van der Waals surface area contributed by atoms with E-state index >= 15 is 0 Å². The summed E-state index contributed by atoms with van der Waals surface area (Å²) in [7, 11) is 0.914. The van der Waals surface area contributed by atoms with E-state index in [1.54, 1.807) is 5.32 Å². The lowest BCUT2D eigenvalue weighted by atomic mass is 10.3. The van der Waals surface area contributed by atoms with Gasteiger partial charge in [0.05, 0.1) is 13.3 Å². The number of rotatable bonds is 4. The molecule has 0 saturated heterocycles. The van der Waals surface area contributed by atoms with E-state index in [1.165, 1.54) is 0 Å². The predicted molar refractivity (Wildman–Crippen MR) is 92.7 cm³/mol. The number of carbonyl (C=O) groups is 1. The van der Waals surface area contributed by atoms with E-state index in [0.717, 1.165) is 13.3 Å². The van der Waals surface area contributed by atoms with Crippen LogP contribution in [0.5, 0.6) is 5.75 Å². The zero-order valence-corrected chi connectivity index (χ0v) is 16.9. The smallest absolute Gasteiger partial charge is 0.437 e. The second-order valence-electron chi connectivity index (χ2n) is 6.19. The molecule has 1 N–H and O–H groups in total. The fourth-order valence-corrected chi connectivity index (χ4v) is 2.81. The number of carbonyl (C=O) groups excluding carboxylic acids is 1. The van der Waals surface area contributed by atoms with Crippen LogP contribution in [-0.2, 0) is 17.1 Å². The van der Waals surface area contributed by atoms with E-state index < -0.39 is 70.7 Å². The molecule has 0 fully saturated rings. The van der Waals surface area contributed by atoms with Crippen molar-refractivity contribution in [3.63, 3.8) is 0 Å². The van der Waals surface area contributed by atoms with Crippen molar-refractivity contribution >= 4 is 29.2 Å². The van der Waals surface area contributed by atoms with Gasteiger partial charge in [-0.05, 0) is 0 Å². The van der Waals surface area contributed by atoms with Crippen molar-refractivity contribution in [2.45, 2.75) is 18.5 Å². The summed E-state index contributed by atoms with van der Waals surface area (Å²) in [5, 5.41) is 7.09. The number of nitrogens with zero attached hydrogens (tertiary/aromatic N) is 5. The molecule has 0 atom stereocenters. The molecule has 3 aromatic heterocycles. The van der Waals surface area contributed by atoms with Crippen molar-refractivity contribution < 1.29 is 53.8 Å². The molecule has 3 heterocycles. The molecular weight excluding hydrogens is 519 g/mol. The fraction of sp³-hybridized carbons (Fsp3) is 0.333. The molecule has 186 valence electrons. The third-order valence-electron chi connectivity index (χ3n) is 3.87. The number of anilines is 1. The number of methoxy groups -OCH3 is 1. The van der Waals surface area contributed by atoms with Crippen LogP contribution in [0.2, 0.25) is 5.15 Å². The molecule has 0 aliphatic rings. The average Bonchev–Trinajstić information content (AvgIpc) is 3.29. The van der Waals surface area contributed by atoms with Crippen LogP contribution < -0.4 is 10.1 Å². The van der Waals surface area contributed by atoms with Crippen LogP contribution in [0.1, 0.15) is 11.4 Å². The Hall–Kier alpha value is -3.44. The molecule has 0 aliphatic carbocycles. The van der Waals surface area contributed by atoms with Gasteiger partial charge >= 0.3 is 24.7 Å². The lowest BCUT2D eigenvalue weighted by Gasteiger charge is -2.18. The van der Waals surface area contributed by atoms with E-state index in [9.17, 15) is 44.3 Å². The van der Waals surface area contributed by atoms with Crippen molar-refractivity contribution in [1.29, 1.82) is 0 Å². The van der Waals surface area contributed by atoms with Gasteiger partial charge in [0, 0.05) is 6.07 Å². The molecule has 3 rings (SSSR count). The van der Waals surface area contributed by atoms with Crippen LogP contribution in [0.4, 0.5) is 50.1 Å². The number of ether oxygens (including phenoxy) is 2. The van der Waals surface area contributed by atoms with Crippen molar-refractivity contribution in [3.05, 3.63) is 28.8 Å². The molecule has 0 spiro atoms. The van der Waals surface area contributed by atoms with Gasteiger partial charge in [0.1, 0.15) is 17.9 Å². The maximum Gasteiger partial charge on any atom is 0.513 e. The molecule has 19 heteroatoms. The zero-order chi connectivity index (χ0) is 25.6. The Bertz CT molecular complexity index is 1230. The molecule has 0 aliphatic heterocycles. The number of hydrogen-bond acceptors (Lipinski definition) is 7. The van der Waals surface area contributed by atoms with Crippen LogP contribution in [-0.4, -0.2) is 50.4 Å². The maximum absolute atomic E-state index is 13.5. The standard InChI is InChI=1S/C15H8ClF9N6O3/c1-33-12(32)34-5-3-27-31-10(5)28-9(16)8(11(31)26-4-13(17,18)19)30-7(15(23,24)25)2-6(29-30)14(20,21)22/h2-3,26H,4H2,1H3. The van der Waals surface area contributed by atoms with Gasteiger partial charge in [-0.3, -0.25) is 0 Å². The predicted octanol–water partition coefficient (Wildman–Crippen LogP) is 4.73. The van der Waals surface area contributed by atoms with Gasteiger partial charge in [0.2, 0.25) is 5.65 Å². The quantitative estimate of drug-likeness (QED) is 0.298. The van der Waals surface area contributed by atoms with E-state index in [1.807, 2.05) is 0 Å². The summed E-state index contributed by atoms with van der Waals surface area (Å²) < 4.78 is 127. The summed E-state index contributed by atoms with van der Waals surface area (Å²) in [6, 6.07) is -0.358. The maximum atomic E-state index is 13.5. The summed E-state index contributed by atoms with van der Waals surface area (Å²) in [6.45, 7) is -1.88. The van der Waals surface area contributed by atoms with Gasteiger partial charge in [-0.25, -0.2) is 14.5 Å². The molecule has 34 heavy (non-hydrogen) atoms. The number of fused-ring (bicyclic) bond motifs is 1. The van der Waals surface area contributed by atoms with Crippen LogP contribution in [0.15, 0.2) is 12.3 Å². The molecule has 0 bridgehead atoms. The molecule has 3 aromatic rings. The first-order valence-corrected chi connectivity index (χ1v) is 8.79. The fourth-order valence-electron chi connectivity index (χ4n) is 2.56. The Morgan fingerprint density at radius 2 is 1.76 bits per heavy atom. The van der Waals surface area contributed by atoms with Crippen molar-refractivity contribution in [2.24, 2.45) is 0 Å². The monoisotopic (exact) mass is 526 g/mol. The summed E-state index contributed by atoms with van der Waals surface area (Å²) in [6.07, 6.45) is -16.3. The van der Waals surface area contributed by atoms with Crippen molar-refractivity contribution in [2.75, 3.05) is 19.0 Å². The first kappa shape index (κ1) is 25.2. The van der Waals surface area contributed by atoms with Gasteiger partial charge in [-0.2, -0.15) is 54.2 Å². The Balaban J connectivity index is 2.34. The van der Waals surface area contributed by atoms with E-state index in [2.05, 4.69) is 24.7 Å². The molecule has 0 unspecified atom stereocenters. The zero-order valence-electron chi connectivity index (χ0n) is 16.1. The number of nitrogens with one attached hydrogen (secondary N) is 1. The second-order valence-corrected chi connectivity index (χ2v) is 6.55. The normalized spacial score (nSPS) is 12.8. The van der Waals surface area contributed by atoms with Crippen LogP contribution in [0.3, 0.4) is 0 Å². The van der Waals surface area contributed by atoms with Crippen molar-refractivity contribution in [1.82, 2.24) is 24.4 Å². The highest BCUT2D eigenvalue weighted by Gasteiger charge is 2.43. The van der Waals surface area contributed by atoms with E-state index in [4.69, 9.17) is 11.6 Å². The molecular formula is C15H8ClF9N6O3. The second kappa shape index (κ2) is 8.41. The third-order valence-corrected chi connectivity index (χ3v) is 4.13. The first-order chi connectivity index (χ1) is 15.5. The van der Waals surface area contributed by atoms with Crippen LogP contribution >= 0.6 is 11.6 Å². The van der Waals surface area contributed by atoms with Crippen molar-refractivity contribution in [3.8, 4) is 11.4 Å². The lowest BCUT2D eigenvalue weighted by Crippen LogP contribution is -2.25. The summed E-state index contributed by atoms with van der Waals surface area (Å²) in [5.41, 5.74) is -5.75. The van der Waals surface area contributed by atoms with Gasteiger partial charge in [-0.1, -0.05) is 11.6 Å². The van der Waals surface area contributed by atoms with Gasteiger partial charge in [0.15, 0.2) is 22.4 Å². The van der Waals surface area contributed by atoms with E-state index in [-0.39, 0.29) is 10.7 Å². The molecule has 9 nitrogen and oxygen atoms in total. The lowest BCUT2D eigenvalue weighted by molar-refractivity contribution is -0.143. The number of hydrogen-bond donors (Lipinski definition) is 1. The van der Waals surface area contributed by atoms with E-state index in [0.29, 0.717) is 4.52 Å². The summed E-state index contributed by atoms with van der Waals surface area (Å²) in [5.74, 6) is -1.53. The molecule has 0 amide bonds. The Morgan fingerprint density at radius 1 is 1.12 bits per heavy atom. The highest BCUT2D eigenvalue weighted by atomic mass is 35.5. The topological polar surface area (TPSA) is 95.6 Å². The third kappa shape index (κ3) is 5.05. The largest absolute Gasteiger partial charge is 0.513 e. The Labute approximate surface area is 186 Å². The molecule has 0 saturated carbocycles. The van der Waals surface area contributed by atoms with Gasteiger partial charge in [-0.15, -0.1) is 0 Å². The SMILES string of the molecule is COC(=O)Oc1cnn2c(NCC(F)(F)F)c(-n3nc(C(F)(F)F)cc3C(F)(F)F)c(Cl)nc12. The number of aromatic nitrogens is 5. The number of halogens is 10. The molecule has 0 aromatic carbocycles. The minimum absolute atomic E-state index is 0.358. The minimum Gasteiger partial charge on any atom is -0.437 e. The minimum atomic E-state index is -5.45. The highest BCUT2D eigenvalue weighted by molar-refractivity contribution is 6.31. The summed E-state index contributed by atoms with van der Waals surface area (Å²) >= 11 is 5.88. The first-order valence-electron chi connectivity index (χ1n) is 8.41. The average molecular weight is 527 g/mol. The van der Waals surface area contributed by atoms with Gasteiger partial charge < -0.3 is 14.8 Å². The van der Waals surface area contributed by atoms with Gasteiger partial charge in [0.25, 0.3) is 0 Å². The van der Waals surface area contributed by atoms with Crippen LogP contribution in [0, 0.1) is 0 Å². The molecule has 0 radical (unpaired) electrons. The number of alkyl halides is 9. The Kier molecular flexibility index (Phi) is 6.23. The Morgan fingerprint density at radius 3 is 2.29 bits per heavy atom.